The van der Waals surface area contributed by atoms with Crippen molar-refractivity contribution >= 4 is 22.7 Å². The summed E-state index contributed by atoms with van der Waals surface area (Å²) in [6.45, 7) is 3.41. The molecule has 1 aliphatic heterocycles. The smallest absolute Gasteiger partial charge is 0.245 e. The summed E-state index contributed by atoms with van der Waals surface area (Å²) in [5.41, 5.74) is 2.06. The number of nitrogens with zero attached hydrogens (tertiary/aromatic N) is 1. The van der Waals surface area contributed by atoms with Crippen LogP contribution in [-0.4, -0.2) is 47.4 Å². The molecular weight excluding hydrogens is 390 g/mol. The van der Waals surface area contributed by atoms with Crippen molar-refractivity contribution in [1.29, 1.82) is 0 Å². The molecule has 0 aliphatic carbocycles. The Morgan fingerprint density at radius 2 is 1.94 bits per heavy atom. The first-order chi connectivity index (χ1) is 15.1. The van der Waals surface area contributed by atoms with Gasteiger partial charge in [0.15, 0.2) is 0 Å². The van der Waals surface area contributed by atoms with Crippen molar-refractivity contribution in [3.63, 3.8) is 0 Å². The van der Waals surface area contributed by atoms with Crippen molar-refractivity contribution in [2.45, 2.75) is 32.2 Å². The van der Waals surface area contributed by atoms with Crippen LogP contribution in [0.5, 0.6) is 5.75 Å². The fourth-order valence-electron chi connectivity index (χ4n) is 4.32. The predicted molar refractivity (Wildman–Crippen MR) is 121 cm³/mol. The SMILES string of the molecule is CC(=O)NC(Cc1c[nH]c2ccccc12)C(=O)N1CCCC(COc2ccccc2)C1. The minimum atomic E-state index is -0.578. The Kier molecular flexibility index (Phi) is 6.55. The highest BCUT2D eigenvalue weighted by molar-refractivity contribution is 5.89. The van der Waals surface area contributed by atoms with Crippen LogP contribution in [0.1, 0.15) is 25.3 Å². The Balaban J connectivity index is 1.43. The van der Waals surface area contributed by atoms with E-state index in [0.29, 0.717) is 26.1 Å². The van der Waals surface area contributed by atoms with Crippen molar-refractivity contribution in [1.82, 2.24) is 15.2 Å². The molecule has 6 nitrogen and oxygen atoms in total. The lowest BCUT2D eigenvalue weighted by molar-refractivity contribution is -0.137. The maximum atomic E-state index is 13.4. The summed E-state index contributed by atoms with van der Waals surface area (Å²) in [4.78, 5) is 30.4. The zero-order chi connectivity index (χ0) is 21.6. The predicted octanol–water partition coefficient (Wildman–Crippen LogP) is 3.53. The second kappa shape index (κ2) is 9.69. The number of carbonyl (C=O) groups excluding carboxylic acids is 2. The Hall–Kier alpha value is -3.28. The van der Waals surface area contributed by atoms with E-state index < -0.39 is 6.04 Å². The molecule has 31 heavy (non-hydrogen) atoms. The number of amides is 2. The van der Waals surface area contributed by atoms with Crippen molar-refractivity contribution in [2.75, 3.05) is 19.7 Å². The van der Waals surface area contributed by atoms with E-state index in [-0.39, 0.29) is 17.7 Å². The van der Waals surface area contributed by atoms with E-state index in [4.69, 9.17) is 4.74 Å². The Morgan fingerprint density at radius 3 is 2.74 bits per heavy atom. The summed E-state index contributed by atoms with van der Waals surface area (Å²) in [7, 11) is 0. The van der Waals surface area contributed by atoms with Gasteiger partial charge in [-0.1, -0.05) is 36.4 Å². The van der Waals surface area contributed by atoms with Crippen molar-refractivity contribution in [3.05, 3.63) is 66.4 Å². The largest absolute Gasteiger partial charge is 0.493 e. The molecule has 4 rings (SSSR count). The Morgan fingerprint density at radius 1 is 1.16 bits per heavy atom. The number of nitrogens with one attached hydrogen (secondary N) is 2. The number of piperidine rings is 1. The van der Waals surface area contributed by atoms with E-state index >= 15 is 0 Å². The molecule has 162 valence electrons. The monoisotopic (exact) mass is 419 g/mol. The normalized spacial score (nSPS) is 17.3. The fourth-order valence-corrected chi connectivity index (χ4v) is 4.32. The molecular formula is C25H29N3O3. The molecule has 0 radical (unpaired) electrons. The Bertz CT molecular complexity index is 1030. The van der Waals surface area contributed by atoms with Gasteiger partial charge in [0.25, 0.3) is 0 Å². The first kappa shape index (κ1) is 21.0. The molecule has 0 spiro atoms. The summed E-state index contributed by atoms with van der Waals surface area (Å²) < 4.78 is 5.92. The zero-order valence-electron chi connectivity index (χ0n) is 17.8. The van der Waals surface area contributed by atoms with Crippen LogP contribution in [0.2, 0.25) is 0 Å². The lowest BCUT2D eigenvalue weighted by Gasteiger charge is -2.35. The number of benzene rings is 2. The van der Waals surface area contributed by atoms with Gasteiger partial charge in [-0.3, -0.25) is 9.59 Å². The number of fused-ring (bicyclic) bond motifs is 1. The van der Waals surface area contributed by atoms with Crippen LogP contribution < -0.4 is 10.1 Å². The van der Waals surface area contributed by atoms with Crippen LogP contribution in [0, 0.1) is 5.92 Å². The summed E-state index contributed by atoms with van der Waals surface area (Å²) in [5.74, 6) is 0.912. The van der Waals surface area contributed by atoms with E-state index in [1.54, 1.807) is 0 Å². The molecule has 2 N–H and O–H groups in total. The number of aromatic amines is 1. The van der Waals surface area contributed by atoms with Gasteiger partial charge in [-0.15, -0.1) is 0 Å². The van der Waals surface area contributed by atoms with Crippen molar-refractivity contribution < 1.29 is 14.3 Å². The maximum absolute atomic E-state index is 13.4. The van der Waals surface area contributed by atoms with Gasteiger partial charge in [-0.2, -0.15) is 0 Å². The first-order valence-corrected chi connectivity index (χ1v) is 10.9. The molecule has 2 unspecified atom stereocenters. The molecule has 3 aromatic rings. The summed E-state index contributed by atoms with van der Waals surface area (Å²) in [6.07, 6.45) is 4.36. The summed E-state index contributed by atoms with van der Waals surface area (Å²) in [5, 5.41) is 3.96. The number of ether oxygens (including phenoxy) is 1. The van der Waals surface area contributed by atoms with Gasteiger partial charge >= 0.3 is 0 Å². The van der Waals surface area contributed by atoms with Crippen molar-refractivity contribution in [2.24, 2.45) is 5.92 Å². The Labute approximate surface area is 182 Å². The third kappa shape index (κ3) is 5.26. The fraction of sp³-hybridized carbons (Fsp3) is 0.360. The van der Waals surface area contributed by atoms with Crippen molar-refractivity contribution in [3.8, 4) is 5.75 Å². The number of rotatable bonds is 7. The summed E-state index contributed by atoms with van der Waals surface area (Å²) in [6, 6.07) is 17.2. The highest BCUT2D eigenvalue weighted by atomic mass is 16.5. The molecule has 2 aromatic carbocycles. The lowest BCUT2D eigenvalue weighted by Crippen LogP contribution is -2.52. The third-order valence-corrected chi connectivity index (χ3v) is 5.83. The van der Waals surface area contributed by atoms with E-state index in [0.717, 1.165) is 35.1 Å². The molecule has 0 saturated carbocycles. The number of para-hydroxylation sites is 2. The highest BCUT2D eigenvalue weighted by Gasteiger charge is 2.30. The second-order valence-electron chi connectivity index (χ2n) is 8.23. The molecule has 0 bridgehead atoms. The topological polar surface area (TPSA) is 74.4 Å². The third-order valence-electron chi connectivity index (χ3n) is 5.83. The molecule has 1 saturated heterocycles. The average Bonchev–Trinajstić information content (AvgIpc) is 3.20. The number of likely N-dealkylation sites (tertiary alicyclic amines) is 1. The lowest BCUT2D eigenvalue weighted by atomic mass is 9.97. The molecule has 2 atom stereocenters. The van der Waals surface area contributed by atoms with Crippen LogP contribution in [0.3, 0.4) is 0 Å². The second-order valence-corrected chi connectivity index (χ2v) is 8.23. The van der Waals surface area contributed by atoms with Crippen LogP contribution in [0.25, 0.3) is 10.9 Å². The maximum Gasteiger partial charge on any atom is 0.245 e. The zero-order valence-corrected chi connectivity index (χ0v) is 17.8. The number of aromatic nitrogens is 1. The summed E-state index contributed by atoms with van der Waals surface area (Å²) >= 11 is 0. The minimum Gasteiger partial charge on any atom is -0.493 e. The van der Waals surface area contributed by atoms with Gasteiger partial charge in [0.2, 0.25) is 11.8 Å². The number of hydrogen-bond donors (Lipinski definition) is 2. The first-order valence-electron chi connectivity index (χ1n) is 10.9. The molecule has 2 heterocycles. The standard InChI is InChI=1S/C25H29N3O3/c1-18(29)27-24(14-20-15-26-23-12-6-5-11-22(20)23)25(30)28-13-7-8-19(16-28)17-31-21-9-3-2-4-10-21/h2-6,9-12,15,19,24,26H,7-8,13-14,16-17H2,1H3,(H,27,29). The molecule has 2 amide bonds. The van der Waals surface area contributed by atoms with Crippen LogP contribution in [-0.2, 0) is 16.0 Å². The van der Waals surface area contributed by atoms with Crippen LogP contribution in [0.15, 0.2) is 60.8 Å². The van der Waals surface area contributed by atoms with Gasteiger partial charge in [0, 0.05) is 49.5 Å². The van der Waals surface area contributed by atoms with Crippen LogP contribution in [0.4, 0.5) is 0 Å². The van der Waals surface area contributed by atoms with Gasteiger partial charge in [-0.05, 0) is 36.6 Å². The molecule has 1 fully saturated rings. The quantitative estimate of drug-likeness (QED) is 0.615. The van der Waals surface area contributed by atoms with Crippen LogP contribution >= 0.6 is 0 Å². The minimum absolute atomic E-state index is 0.0232. The van der Waals surface area contributed by atoms with E-state index in [1.165, 1.54) is 6.92 Å². The average molecular weight is 420 g/mol. The molecule has 1 aromatic heterocycles. The van der Waals surface area contributed by atoms with E-state index in [2.05, 4.69) is 10.3 Å². The van der Waals surface area contributed by atoms with Gasteiger partial charge in [-0.25, -0.2) is 0 Å². The number of hydrogen-bond acceptors (Lipinski definition) is 3. The molecule has 6 heteroatoms. The number of carbonyl (C=O) groups is 2. The van der Waals surface area contributed by atoms with Gasteiger partial charge in [0.1, 0.15) is 11.8 Å². The highest BCUT2D eigenvalue weighted by Crippen LogP contribution is 2.22. The molecule has 1 aliphatic rings. The number of H-pyrrole nitrogens is 1. The van der Waals surface area contributed by atoms with Gasteiger partial charge in [0.05, 0.1) is 6.61 Å². The van der Waals surface area contributed by atoms with E-state index in [9.17, 15) is 9.59 Å². The van der Waals surface area contributed by atoms with E-state index in [1.807, 2.05) is 65.7 Å². The van der Waals surface area contributed by atoms with Gasteiger partial charge < -0.3 is 19.9 Å².